The quantitative estimate of drug-likeness (QED) is 0.193. The van der Waals surface area contributed by atoms with Crippen LogP contribution in [0, 0.1) is 0 Å². The second-order valence-electron chi connectivity index (χ2n) is 10.7. The van der Waals surface area contributed by atoms with Gasteiger partial charge >= 0.3 is 18.4 Å². The number of aliphatic hydroxyl groups is 1. The molecule has 4 rings (SSSR count). The largest absolute Gasteiger partial charge is 0.573 e. The van der Waals surface area contributed by atoms with E-state index in [1.807, 2.05) is 37.3 Å². The van der Waals surface area contributed by atoms with Crippen LogP contribution in [0.5, 0.6) is 5.75 Å². The molecule has 2 atom stereocenters. The minimum absolute atomic E-state index is 0.205. The Balaban J connectivity index is 1.52. The van der Waals surface area contributed by atoms with Gasteiger partial charge < -0.3 is 30.5 Å². The normalized spacial score (nSPS) is 17.3. The average Bonchev–Trinajstić information content (AvgIpc) is 3.29. The summed E-state index contributed by atoms with van der Waals surface area (Å²) in [5, 5.41) is 24.0. The van der Waals surface area contributed by atoms with Crippen molar-refractivity contribution >= 4 is 23.6 Å². The van der Waals surface area contributed by atoms with Crippen LogP contribution in [-0.4, -0.2) is 70.7 Å². The first-order valence-corrected chi connectivity index (χ1v) is 14.4. The molecule has 3 amide bonds. The molecule has 1 aliphatic heterocycles. The fourth-order valence-electron chi connectivity index (χ4n) is 5.23. The Hall–Kier alpha value is -4.62. The molecule has 1 aliphatic rings. The Morgan fingerprint density at radius 2 is 1.67 bits per heavy atom. The summed E-state index contributed by atoms with van der Waals surface area (Å²) >= 11 is 0. The second kappa shape index (κ2) is 14.4. The SMILES string of the molecule is CCC1(CCNCc2ccccc2)CN(c2ccc(OC(F)(F)F)cc2)C(=O)N1Cc1ccc(C(=O)NCC(O)C(=O)O)cc1. The number of benzene rings is 3. The number of rotatable bonds is 14. The van der Waals surface area contributed by atoms with Crippen molar-refractivity contribution in [2.45, 2.75) is 50.9 Å². The molecule has 3 aromatic rings. The summed E-state index contributed by atoms with van der Waals surface area (Å²) < 4.78 is 42.0. The number of carboxylic acids is 1. The van der Waals surface area contributed by atoms with Crippen LogP contribution in [0.1, 0.15) is 41.3 Å². The van der Waals surface area contributed by atoms with Crippen LogP contribution in [-0.2, 0) is 17.9 Å². The van der Waals surface area contributed by atoms with E-state index in [1.54, 1.807) is 34.1 Å². The van der Waals surface area contributed by atoms with E-state index in [-0.39, 0.29) is 23.9 Å². The van der Waals surface area contributed by atoms with Gasteiger partial charge in [0.15, 0.2) is 6.10 Å². The first-order valence-electron chi connectivity index (χ1n) is 14.4. The maximum Gasteiger partial charge on any atom is 0.573 e. The monoisotopic (exact) mass is 628 g/mol. The van der Waals surface area contributed by atoms with Gasteiger partial charge in [-0.05, 0) is 66.9 Å². The molecular formula is C32H35F3N4O6. The third-order valence-electron chi connectivity index (χ3n) is 7.76. The standard InChI is InChI=1S/C32H35F3N4O6/c1-2-31(16-17-36-18-22-6-4-3-5-7-22)21-38(25-12-14-26(15-13-25)45-32(33,34)35)30(44)39(31)20-23-8-10-24(11-9-23)28(41)37-19-27(40)29(42)43/h3-15,27,36,40H,2,16-21H2,1H3,(H,37,41)(H,42,43). The van der Waals surface area contributed by atoms with Gasteiger partial charge in [0.1, 0.15) is 5.75 Å². The molecule has 1 saturated heterocycles. The Kier molecular flexibility index (Phi) is 10.7. The second-order valence-corrected chi connectivity index (χ2v) is 10.7. The minimum atomic E-state index is -4.83. The van der Waals surface area contributed by atoms with Gasteiger partial charge in [-0.3, -0.25) is 9.69 Å². The van der Waals surface area contributed by atoms with Gasteiger partial charge in [-0.15, -0.1) is 13.2 Å². The number of carboxylic acid groups (broad SMARTS) is 1. The van der Waals surface area contributed by atoms with Crippen LogP contribution in [0.3, 0.4) is 0 Å². The van der Waals surface area contributed by atoms with E-state index in [4.69, 9.17) is 5.11 Å². The molecule has 240 valence electrons. The third-order valence-corrected chi connectivity index (χ3v) is 7.76. The van der Waals surface area contributed by atoms with Gasteiger partial charge in [-0.2, -0.15) is 0 Å². The highest BCUT2D eigenvalue weighted by molar-refractivity contribution is 5.96. The highest BCUT2D eigenvalue weighted by atomic mass is 19.4. The van der Waals surface area contributed by atoms with Crippen molar-refractivity contribution in [1.29, 1.82) is 0 Å². The number of aliphatic hydroxyl groups excluding tert-OH is 1. The number of carbonyl (C=O) groups excluding carboxylic acids is 2. The number of hydrogen-bond donors (Lipinski definition) is 4. The Labute approximate surface area is 258 Å². The van der Waals surface area contributed by atoms with Crippen molar-refractivity contribution in [3.63, 3.8) is 0 Å². The summed E-state index contributed by atoms with van der Waals surface area (Å²) in [5.41, 5.74) is 1.91. The van der Waals surface area contributed by atoms with E-state index >= 15 is 0 Å². The smallest absolute Gasteiger partial charge is 0.479 e. The predicted octanol–water partition coefficient (Wildman–Crippen LogP) is 4.53. The molecule has 0 aliphatic carbocycles. The summed E-state index contributed by atoms with van der Waals surface area (Å²) in [6.07, 6.45) is -5.36. The van der Waals surface area contributed by atoms with Gasteiger partial charge in [0, 0.05) is 24.3 Å². The maximum atomic E-state index is 13.9. The van der Waals surface area contributed by atoms with Crippen LogP contribution >= 0.6 is 0 Å². The first-order chi connectivity index (χ1) is 21.4. The Morgan fingerprint density at radius 3 is 2.27 bits per heavy atom. The van der Waals surface area contributed by atoms with E-state index in [2.05, 4.69) is 15.4 Å². The topological polar surface area (TPSA) is 131 Å². The van der Waals surface area contributed by atoms with Crippen LogP contribution in [0.25, 0.3) is 0 Å². The van der Waals surface area contributed by atoms with Gasteiger partial charge in [0.25, 0.3) is 5.91 Å². The van der Waals surface area contributed by atoms with Gasteiger partial charge in [0.2, 0.25) is 0 Å². The van der Waals surface area contributed by atoms with Crippen LogP contribution in [0.4, 0.5) is 23.7 Å². The number of nitrogens with one attached hydrogen (secondary N) is 2. The number of nitrogens with zero attached hydrogens (tertiary/aromatic N) is 2. The van der Waals surface area contributed by atoms with Gasteiger partial charge in [-0.1, -0.05) is 49.4 Å². The molecule has 1 fully saturated rings. The van der Waals surface area contributed by atoms with Crippen LogP contribution in [0.15, 0.2) is 78.9 Å². The summed E-state index contributed by atoms with van der Waals surface area (Å²) in [7, 11) is 0. The summed E-state index contributed by atoms with van der Waals surface area (Å²) in [4.78, 5) is 40.4. The molecule has 0 bridgehead atoms. The number of aliphatic carboxylic acids is 1. The maximum absolute atomic E-state index is 13.9. The Bertz CT molecular complexity index is 1450. The fourth-order valence-corrected chi connectivity index (χ4v) is 5.23. The Morgan fingerprint density at radius 1 is 1.00 bits per heavy atom. The number of hydrogen-bond acceptors (Lipinski definition) is 6. The summed E-state index contributed by atoms with van der Waals surface area (Å²) in [6.45, 7) is 3.29. The summed E-state index contributed by atoms with van der Waals surface area (Å²) in [6, 6.07) is 21.2. The van der Waals surface area contributed by atoms with E-state index < -0.39 is 36.4 Å². The molecule has 0 spiro atoms. The summed E-state index contributed by atoms with van der Waals surface area (Å²) in [5.74, 6) is -2.39. The lowest BCUT2D eigenvalue weighted by molar-refractivity contribution is -0.274. The molecule has 1 heterocycles. The lowest BCUT2D eigenvalue weighted by atomic mass is 9.90. The molecule has 13 heteroatoms. The lowest BCUT2D eigenvalue weighted by Crippen LogP contribution is -2.48. The predicted molar refractivity (Wildman–Crippen MR) is 160 cm³/mol. The van der Waals surface area contributed by atoms with Crippen molar-refractivity contribution in [3.8, 4) is 5.75 Å². The molecule has 10 nitrogen and oxygen atoms in total. The van der Waals surface area contributed by atoms with Crippen molar-refractivity contribution in [2.75, 3.05) is 24.5 Å². The zero-order chi connectivity index (χ0) is 32.6. The number of anilines is 1. The lowest BCUT2D eigenvalue weighted by Gasteiger charge is -2.36. The molecule has 0 aromatic heterocycles. The van der Waals surface area contributed by atoms with E-state index in [0.29, 0.717) is 38.2 Å². The minimum Gasteiger partial charge on any atom is -0.479 e. The number of amides is 3. The van der Waals surface area contributed by atoms with E-state index in [0.717, 1.165) is 11.1 Å². The molecule has 4 N–H and O–H groups in total. The molecular weight excluding hydrogens is 593 g/mol. The molecule has 45 heavy (non-hydrogen) atoms. The number of halogens is 3. The van der Waals surface area contributed by atoms with Crippen molar-refractivity contribution in [1.82, 2.24) is 15.5 Å². The van der Waals surface area contributed by atoms with Crippen molar-refractivity contribution in [2.24, 2.45) is 0 Å². The van der Waals surface area contributed by atoms with E-state index in [9.17, 15) is 32.7 Å². The third kappa shape index (κ3) is 8.73. The zero-order valence-electron chi connectivity index (χ0n) is 24.6. The van der Waals surface area contributed by atoms with Crippen LogP contribution < -0.4 is 20.3 Å². The van der Waals surface area contributed by atoms with Crippen molar-refractivity contribution < 1.29 is 42.5 Å². The number of urea groups is 1. The van der Waals surface area contributed by atoms with Crippen LogP contribution in [0.2, 0.25) is 0 Å². The first kappa shape index (κ1) is 33.3. The highest BCUT2D eigenvalue weighted by Gasteiger charge is 2.48. The molecule has 0 radical (unpaired) electrons. The fraction of sp³-hybridized carbons (Fsp3) is 0.344. The van der Waals surface area contributed by atoms with Gasteiger partial charge in [0.05, 0.1) is 18.6 Å². The number of carbonyl (C=O) groups is 3. The number of ether oxygens (including phenoxy) is 1. The number of alkyl halides is 3. The van der Waals surface area contributed by atoms with E-state index in [1.165, 1.54) is 24.3 Å². The van der Waals surface area contributed by atoms with Gasteiger partial charge in [-0.25, -0.2) is 9.59 Å². The average molecular weight is 629 g/mol. The van der Waals surface area contributed by atoms with Crippen molar-refractivity contribution in [3.05, 3.63) is 95.6 Å². The molecule has 3 aromatic carbocycles. The molecule has 2 unspecified atom stereocenters. The molecule has 0 saturated carbocycles. The highest BCUT2D eigenvalue weighted by Crippen LogP contribution is 2.37. The zero-order valence-corrected chi connectivity index (χ0v) is 24.6.